The molecule has 1 aromatic heterocycles. The summed E-state index contributed by atoms with van der Waals surface area (Å²) in [7, 11) is -1.73. The van der Waals surface area contributed by atoms with Gasteiger partial charge in [0.15, 0.2) is 5.03 Å². The first-order valence-corrected chi connectivity index (χ1v) is 7.93. The van der Waals surface area contributed by atoms with Gasteiger partial charge in [0.2, 0.25) is 0 Å². The molecular weight excluding hydrogens is 274 g/mol. The number of imidazole rings is 1. The Labute approximate surface area is 113 Å². The van der Waals surface area contributed by atoms with Gasteiger partial charge in [-0.2, -0.15) is 4.31 Å². The molecule has 1 fully saturated rings. The molecule has 5 nitrogen and oxygen atoms in total. The van der Waals surface area contributed by atoms with Crippen molar-refractivity contribution in [2.24, 2.45) is 13.0 Å². The van der Waals surface area contributed by atoms with E-state index in [1.165, 1.54) is 4.31 Å². The Morgan fingerprint density at radius 2 is 2.22 bits per heavy atom. The average molecular weight is 292 g/mol. The highest BCUT2D eigenvalue weighted by Gasteiger charge is 2.40. The average Bonchev–Trinajstić information content (AvgIpc) is 2.84. The molecule has 0 amide bonds. The van der Waals surface area contributed by atoms with E-state index in [2.05, 4.69) is 4.98 Å². The minimum Gasteiger partial charge on any atom is -0.337 e. The first-order chi connectivity index (χ1) is 8.37. The van der Waals surface area contributed by atoms with Crippen molar-refractivity contribution in [2.75, 3.05) is 12.4 Å². The van der Waals surface area contributed by atoms with Gasteiger partial charge in [0.05, 0.1) is 0 Å². The van der Waals surface area contributed by atoms with E-state index in [1.807, 2.05) is 6.92 Å². The van der Waals surface area contributed by atoms with Crippen LogP contribution in [0.2, 0.25) is 0 Å². The van der Waals surface area contributed by atoms with Gasteiger partial charge in [0.25, 0.3) is 10.0 Å². The third-order valence-electron chi connectivity index (χ3n) is 3.65. The number of hydrogen-bond donors (Lipinski definition) is 0. The van der Waals surface area contributed by atoms with Crippen LogP contribution in [0, 0.1) is 12.8 Å². The monoisotopic (exact) mass is 291 g/mol. The maximum Gasteiger partial charge on any atom is 0.262 e. The zero-order valence-corrected chi connectivity index (χ0v) is 12.4. The van der Waals surface area contributed by atoms with Crippen molar-refractivity contribution in [3.8, 4) is 0 Å². The fraction of sp³-hybridized carbons (Fsp3) is 0.727. The minimum atomic E-state index is -3.52. The standard InChI is InChI=1S/C11H18ClN3O2S/c1-8-4-5-15(10(8)6-12)18(16,17)11-7-14(3)9(2)13-11/h7-8,10H,4-6H2,1-3H3. The Hall–Kier alpha value is -0.590. The number of rotatable bonds is 3. The van der Waals surface area contributed by atoms with Gasteiger partial charge in [-0.05, 0) is 19.3 Å². The molecular formula is C11H18ClN3O2S. The molecule has 1 aliphatic heterocycles. The first kappa shape index (κ1) is 13.8. The van der Waals surface area contributed by atoms with Crippen molar-refractivity contribution < 1.29 is 8.42 Å². The molecule has 2 rings (SSSR count). The highest BCUT2D eigenvalue weighted by Crippen LogP contribution is 2.30. The van der Waals surface area contributed by atoms with E-state index in [9.17, 15) is 8.42 Å². The number of halogens is 1. The largest absolute Gasteiger partial charge is 0.337 e. The van der Waals surface area contributed by atoms with Crippen LogP contribution < -0.4 is 0 Å². The lowest BCUT2D eigenvalue weighted by atomic mass is 10.1. The molecule has 1 saturated heterocycles. The molecule has 0 aromatic carbocycles. The summed E-state index contributed by atoms with van der Waals surface area (Å²) >= 11 is 5.90. The molecule has 2 heterocycles. The van der Waals surface area contributed by atoms with E-state index in [0.717, 1.165) is 6.42 Å². The van der Waals surface area contributed by atoms with E-state index in [4.69, 9.17) is 11.6 Å². The maximum atomic E-state index is 12.5. The van der Waals surface area contributed by atoms with Crippen molar-refractivity contribution >= 4 is 21.6 Å². The van der Waals surface area contributed by atoms with Crippen LogP contribution in [0.25, 0.3) is 0 Å². The summed E-state index contributed by atoms with van der Waals surface area (Å²) in [4.78, 5) is 4.11. The molecule has 18 heavy (non-hydrogen) atoms. The zero-order chi connectivity index (χ0) is 13.5. The molecule has 0 spiro atoms. The van der Waals surface area contributed by atoms with Gasteiger partial charge in [-0.15, -0.1) is 11.6 Å². The van der Waals surface area contributed by atoms with Crippen LogP contribution in [0.1, 0.15) is 19.2 Å². The quantitative estimate of drug-likeness (QED) is 0.790. The Balaban J connectivity index is 2.37. The summed E-state index contributed by atoms with van der Waals surface area (Å²) in [6.07, 6.45) is 2.40. The topological polar surface area (TPSA) is 55.2 Å². The normalized spacial score (nSPS) is 25.8. The first-order valence-electron chi connectivity index (χ1n) is 5.95. The number of aromatic nitrogens is 2. The number of sulfonamides is 1. The van der Waals surface area contributed by atoms with Crippen LogP contribution in [0.3, 0.4) is 0 Å². The second-order valence-electron chi connectivity index (χ2n) is 4.84. The minimum absolute atomic E-state index is 0.117. The number of alkyl halides is 1. The predicted octanol–water partition coefficient (Wildman–Crippen LogP) is 1.37. The van der Waals surface area contributed by atoms with Crippen LogP contribution in [-0.2, 0) is 17.1 Å². The van der Waals surface area contributed by atoms with Crippen molar-refractivity contribution in [1.82, 2.24) is 13.9 Å². The van der Waals surface area contributed by atoms with Crippen molar-refractivity contribution in [2.45, 2.75) is 31.3 Å². The summed E-state index contributed by atoms with van der Waals surface area (Å²) in [5, 5.41) is 0.117. The summed E-state index contributed by atoms with van der Waals surface area (Å²) in [5.74, 6) is 1.30. The van der Waals surface area contributed by atoms with E-state index < -0.39 is 10.0 Å². The molecule has 0 radical (unpaired) electrons. The van der Waals surface area contributed by atoms with Crippen molar-refractivity contribution in [3.05, 3.63) is 12.0 Å². The van der Waals surface area contributed by atoms with E-state index in [1.54, 1.807) is 24.7 Å². The third-order valence-corrected chi connectivity index (χ3v) is 5.76. The molecule has 0 N–H and O–H groups in total. The summed E-state index contributed by atoms with van der Waals surface area (Å²) in [6.45, 7) is 4.34. The van der Waals surface area contributed by atoms with Crippen LogP contribution in [0.5, 0.6) is 0 Å². The van der Waals surface area contributed by atoms with Crippen LogP contribution >= 0.6 is 11.6 Å². The summed E-state index contributed by atoms with van der Waals surface area (Å²) in [6, 6.07) is -0.126. The van der Waals surface area contributed by atoms with Crippen molar-refractivity contribution in [1.29, 1.82) is 0 Å². The van der Waals surface area contributed by atoms with Gasteiger partial charge < -0.3 is 4.57 Å². The fourth-order valence-electron chi connectivity index (χ4n) is 2.27. The molecule has 102 valence electrons. The maximum absolute atomic E-state index is 12.5. The molecule has 0 bridgehead atoms. The van der Waals surface area contributed by atoms with Gasteiger partial charge in [0.1, 0.15) is 5.82 Å². The van der Waals surface area contributed by atoms with Crippen LogP contribution in [0.4, 0.5) is 0 Å². The third kappa shape index (κ3) is 2.17. The highest BCUT2D eigenvalue weighted by molar-refractivity contribution is 7.89. The van der Waals surface area contributed by atoms with Crippen molar-refractivity contribution in [3.63, 3.8) is 0 Å². The molecule has 2 atom stereocenters. The second kappa shape index (κ2) is 4.83. The van der Waals surface area contributed by atoms with Crippen LogP contribution in [0.15, 0.2) is 11.2 Å². The number of hydrogen-bond acceptors (Lipinski definition) is 3. The van der Waals surface area contributed by atoms with E-state index >= 15 is 0 Å². The van der Waals surface area contributed by atoms with Gasteiger partial charge >= 0.3 is 0 Å². The molecule has 0 saturated carbocycles. The number of nitrogens with zero attached hydrogens (tertiary/aromatic N) is 3. The molecule has 1 aromatic rings. The molecule has 7 heteroatoms. The Morgan fingerprint density at radius 1 is 1.56 bits per heavy atom. The summed E-state index contributed by atoms with van der Waals surface area (Å²) in [5.41, 5.74) is 0. The Bertz CT molecular complexity index is 521. The van der Waals surface area contributed by atoms with E-state index in [-0.39, 0.29) is 11.1 Å². The lowest BCUT2D eigenvalue weighted by Gasteiger charge is -2.23. The lowest BCUT2D eigenvalue weighted by Crippen LogP contribution is -2.38. The SMILES string of the molecule is Cc1nc(S(=O)(=O)N2CCC(C)C2CCl)cn1C. The number of aryl methyl sites for hydroxylation is 2. The van der Waals surface area contributed by atoms with Gasteiger partial charge in [-0.1, -0.05) is 6.92 Å². The lowest BCUT2D eigenvalue weighted by molar-refractivity contribution is 0.374. The molecule has 0 aliphatic carbocycles. The molecule has 2 unspecified atom stereocenters. The Morgan fingerprint density at radius 3 is 2.72 bits per heavy atom. The van der Waals surface area contributed by atoms with Crippen LogP contribution in [-0.4, -0.2) is 40.7 Å². The van der Waals surface area contributed by atoms with Gasteiger partial charge in [-0.3, -0.25) is 0 Å². The smallest absolute Gasteiger partial charge is 0.262 e. The second-order valence-corrected chi connectivity index (χ2v) is 6.99. The zero-order valence-electron chi connectivity index (χ0n) is 10.8. The molecule has 1 aliphatic rings. The van der Waals surface area contributed by atoms with Gasteiger partial charge in [0, 0.05) is 31.7 Å². The summed E-state index contributed by atoms with van der Waals surface area (Å²) < 4.78 is 28.2. The predicted molar refractivity (Wildman–Crippen MR) is 70.1 cm³/mol. The highest BCUT2D eigenvalue weighted by atomic mass is 35.5. The fourth-order valence-corrected chi connectivity index (χ4v) is 4.59. The Kier molecular flexibility index (Phi) is 3.71. The van der Waals surface area contributed by atoms with E-state index in [0.29, 0.717) is 24.2 Å². The van der Waals surface area contributed by atoms with Gasteiger partial charge in [-0.25, -0.2) is 13.4 Å².